The molecule has 0 aliphatic rings. The number of nitrogens with zero attached hydrogens (tertiary/aromatic N) is 2. The predicted molar refractivity (Wildman–Crippen MR) is 114 cm³/mol. The van der Waals surface area contributed by atoms with Gasteiger partial charge in [0, 0.05) is 32.7 Å². The molecule has 0 radical (unpaired) electrons. The van der Waals surface area contributed by atoms with Gasteiger partial charge in [0.2, 0.25) is 0 Å². The Hall–Kier alpha value is -2.38. The number of aromatic nitrogens is 1. The zero-order chi connectivity index (χ0) is 19.6. The zero-order valence-corrected chi connectivity index (χ0v) is 17.9. The number of aryl methyl sites for hydroxylation is 2. The van der Waals surface area contributed by atoms with Gasteiger partial charge in [-0.15, -0.1) is 0 Å². The molecule has 5 nitrogen and oxygen atoms in total. The third-order valence-corrected chi connectivity index (χ3v) is 5.15. The molecule has 0 spiro atoms. The number of hydrazone groups is 1. The predicted octanol–water partition coefficient (Wildman–Crippen LogP) is 5.09. The van der Waals surface area contributed by atoms with E-state index in [1.165, 1.54) is 6.21 Å². The first kappa shape index (κ1) is 19.4. The first-order chi connectivity index (χ1) is 12.9. The van der Waals surface area contributed by atoms with Gasteiger partial charge in [-0.3, -0.25) is 4.79 Å². The van der Waals surface area contributed by atoms with Crippen molar-refractivity contribution in [3.63, 3.8) is 0 Å². The summed E-state index contributed by atoms with van der Waals surface area (Å²) in [5.41, 5.74) is 6.71. The lowest BCUT2D eigenvalue weighted by Gasteiger charge is -2.10. The number of phenolic OH excluding ortho intramolecular Hbond substituents is 1. The summed E-state index contributed by atoms with van der Waals surface area (Å²) in [4.78, 5) is 12.3. The molecule has 2 aromatic carbocycles. The van der Waals surface area contributed by atoms with Crippen molar-refractivity contribution in [1.82, 2.24) is 9.99 Å². The van der Waals surface area contributed by atoms with E-state index in [4.69, 9.17) is 0 Å². The largest absolute Gasteiger partial charge is 0.506 e. The minimum atomic E-state index is -0.327. The fraction of sp³-hybridized carbons (Fsp3) is 0.100. The molecular weight excluding hydrogens is 474 g/mol. The minimum absolute atomic E-state index is 0.0537. The Morgan fingerprint density at radius 1 is 1.07 bits per heavy atom. The third-order valence-electron chi connectivity index (χ3n) is 4.09. The lowest BCUT2D eigenvalue weighted by Crippen LogP contribution is -2.17. The number of phenols is 1. The highest BCUT2D eigenvalue weighted by Crippen LogP contribution is 2.30. The van der Waals surface area contributed by atoms with E-state index in [0.29, 0.717) is 15.6 Å². The van der Waals surface area contributed by atoms with E-state index in [9.17, 15) is 9.90 Å². The topological polar surface area (TPSA) is 66.6 Å². The van der Waals surface area contributed by atoms with Gasteiger partial charge in [-0.25, -0.2) is 5.43 Å². The summed E-state index contributed by atoms with van der Waals surface area (Å²) in [7, 11) is 0. The Kier molecular flexibility index (Phi) is 5.82. The first-order valence-electron chi connectivity index (χ1n) is 8.13. The van der Waals surface area contributed by atoms with Gasteiger partial charge in [0.1, 0.15) is 5.75 Å². The number of carbonyl (C=O) groups excluding carboxylic acids is 1. The lowest BCUT2D eigenvalue weighted by molar-refractivity contribution is 0.0955. The quantitative estimate of drug-likeness (QED) is 0.395. The number of halogens is 2. The summed E-state index contributed by atoms with van der Waals surface area (Å²) >= 11 is 6.60. The summed E-state index contributed by atoms with van der Waals surface area (Å²) in [6.07, 6.45) is 1.39. The molecule has 138 valence electrons. The van der Waals surface area contributed by atoms with Crippen molar-refractivity contribution >= 4 is 44.0 Å². The van der Waals surface area contributed by atoms with Crippen LogP contribution in [0.25, 0.3) is 5.69 Å². The maximum absolute atomic E-state index is 12.3. The molecule has 1 amide bonds. The Balaban J connectivity index is 1.72. The van der Waals surface area contributed by atoms with Crippen molar-refractivity contribution in [3.8, 4) is 11.4 Å². The molecule has 3 rings (SSSR count). The Morgan fingerprint density at radius 3 is 2.33 bits per heavy atom. The Bertz CT molecular complexity index is 1000. The van der Waals surface area contributed by atoms with E-state index in [1.807, 2.05) is 26.0 Å². The molecule has 1 aromatic heterocycles. The van der Waals surface area contributed by atoms with Crippen LogP contribution in [0.15, 0.2) is 62.6 Å². The van der Waals surface area contributed by atoms with Gasteiger partial charge in [-0.2, -0.15) is 5.10 Å². The smallest absolute Gasteiger partial charge is 0.271 e. The lowest BCUT2D eigenvalue weighted by atomic mass is 10.2. The summed E-state index contributed by atoms with van der Waals surface area (Å²) < 4.78 is 3.44. The van der Waals surface area contributed by atoms with Crippen molar-refractivity contribution in [2.45, 2.75) is 13.8 Å². The van der Waals surface area contributed by atoms with Crippen LogP contribution in [0.1, 0.15) is 27.3 Å². The van der Waals surface area contributed by atoms with Crippen molar-refractivity contribution in [2.24, 2.45) is 5.10 Å². The Morgan fingerprint density at radius 2 is 1.70 bits per heavy atom. The number of hydrogen-bond donors (Lipinski definition) is 2. The SMILES string of the molecule is Cc1ccc(C)n1-c1ccc(C(=O)N/N=C\c2cc(Br)cc(Br)c2O)cc1. The number of benzene rings is 2. The maximum Gasteiger partial charge on any atom is 0.271 e. The first-order valence-corrected chi connectivity index (χ1v) is 9.72. The Labute approximate surface area is 174 Å². The highest BCUT2D eigenvalue weighted by Gasteiger charge is 2.08. The second kappa shape index (κ2) is 8.10. The molecule has 0 unspecified atom stereocenters. The van der Waals surface area contributed by atoms with E-state index in [-0.39, 0.29) is 11.7 Å². The number of amides is 1. The molecule has 0 aliphatic carbocycles. The average Bonchev–Trinajstić information content (AvgIpc) is 2.97. The second-order valence-corrected chi connectivity index (χ2v) is 7.79. The zero-order valence-electron chi connectivity index (χ0n) is 14.7. The number of carbonyl (C=O) groups is 1. The van der Waals surface area contributed by atoms with Gasteiger partial charge >= 0.3 is 0 Å². The molecule has 27 heavy (non-hydrogen) atoms. The number of rotatable bonds is 4. The fourth-order valence-electron chi connectivity index (χ4n) is 2.75. The molecule has 0 saturated heterocycles. The van der Waals surface area contributed by atoms with Crippen LogP contribution in [0.4, 0.5) is 0 Å². The van der Waals surface area contributed by atoms with Crippen molar-refractivity contribution in [3.05, 3.63) is 80.0 Å². The van der Waals surface area contributed by atoms with E-state index >= 15 is 0 Å². The summed E-state index contributed by atoms with van der Waals surface area (Å²) in [5, 5.41) is 13.9. The summed E-state index contributed by atoms with van der Waals surface area (Å²) in [6, 6.07) is 14.8. The second-order valence-electron chi connectivity index (χ2n) is 6.02. The number of hydrogen-bond acceptors (Lipinski definition) is 3. The monoisotopic (exact) mass is 489 g/mol. The molecule has 0 saturated carbocycles. The molecule has 0 bridgehead atoms. The van der Waals surface area contributed by atoms with Crippen LogP contribution in [0.2, 0.25) is 0 Å². The van der Waals surface area contributed by atoms with Crippen molar-refractivity contribution < 1.29 is 9.90 Å². The van der Waals surface area contributed by atoms with Gasteiger partial charge in [0.15, 0.2) is 0 Å². The molecule has 0 aliphatic heterocycles. The molecule has 0 atom stereocenters. The normalized spacial score (nSPS) is 11.1. The molecule has 3 aromatic rings. The van der Waals surface area contributed by atoms with E-state index < -0.39 is 0 Å². The fourth-order valence-corrected chi connectivity index (χ4v) is 4.01. The average molecular weight is 491 g/mol. The molecule has 0 fully saturated rings. The number of aromatic hydroxyl groups is 1. The van der Waals surface area contributed by atoms with E-state index in [1.54, 1.807) is 24.3 Å². The van der Waals surface area contributed by atoms with Crippen LogP contribution in [0, 0.1) is 13.8 Å². The van der Waals surface area contributed by atoms with Crippen LogP contribution in [0.3, 0.4) is 0 Å². The van der Waals surface area contributed by atoms with Crippen LogP contribution in [-0.4, -0.2) is 21.8 Å². The van der Waals surface area contributed by atoms with E-state index in [0.717, 1.165) is 21.5 Å². The van der Waals surface area contributed by atoms with Crippen LogP contribution in [-0.2, 0) is 0 Å². The van der Waals surface area contributed by atoms with Gasteiger partial charge in [0.25, 0.3) is 5.91 Å². The number of nitrogens with one attached hydrogen (secondary N) is 1. The highest BCUT2D eigenvalue weighted by molar-refractivity contribution is 9.11. The van der Waals surface area contributed by atoms with Crippen LogP contribution >= 0.6 is 31.9 Å². The standard InChI is InChI=1S/C20H17Br2N3O2/c1-12-3-4-13(2)25(12)17-7-5-14(6-8-17)20(27)24-23-11-15-9-16(21)10-18(22)19(15)26/h3-11,26H,1-2H3,(H,24,27)/b23-11-. The van der Waals surface area contributed by atoms with Gasteiger partial charge in [-0.1, -0.05) is 15.9 Å². The highest BCUT2D eigenvalue weighted by atomic mass is 79.9. The third kappa shape index (κ3) is 4.31. The maximum atomic E-state index is 12.3. The molecule has 2 N–H and O–H groups in total. The van der Waals surface area contributed by atoms with Gasteiger partial charge in [0.05, 0.1) is 10.7 Å². The van der Waals surface area contributed by atoms with Gasteiger partial charge < -0.3 is 9.67 Å². The van der Waals surface area contributed by atoms with Crippen LogP contribution < -0.4 is 5.43 Å². The molecule has 1 heterocycles. The van der Waals surface area contributed by atoms with Crippen molar-refractivity contribution in [2.75, 3.05) is 0 Å². The molecular formula is C20H17Br2N3O2. The summed E-state index contributed by atoms with van der Waals surface area (Å²) in [6.45, 7) is 4.08. The summed E-state index contributed by atoms with van der Waals surface area (Å²) in [5.74, 6) is -0.273. The molecule has 7 heteroatoms. The van der Waals surface area contributed by atoms with Crippen molar-refractivity contribution in [1.29, 1.82) is 0 Å². The van der Waals surface area contributed by atoms with Crippen LogP contribution in [0.5, 0.6) is 5.75 Å². The van der Waals surface area contributed by atoms with Gasteiger partial charge in [-0.05, 0) is 78.3 Å². The minimum Gasteiger partial charge on any atom is -0.506 e. The van der Waals surface area contributed by atoms with E-state index in [2.05, 4.69) is 59.1 Å².